The Morgan fingerprint density at radius 3 is 2.55 bits per heavy atom. The van der Waals surface area contributed by atoms with Gasteiger partial charge in [-0.15, -0.1) is 0 Å². The van der Waals surface area contributed by atoms with Crippen LogP contribution in [0.5, 0.6) is 11.5 Å². The quantitative estimate of drug-likeness (QED) is 0.695. The summed E-state index contributed by atoms with van der Waals surface area (Å²) in [6, 6.07) is 13.3. The Bertz CT molecular complexity index is 1120. The molecule has 1 aliphatic heterocycles. The molecule has 1 heterocycles. The maximum atomic E-state index is 13.4. The number of sulfone groups is 1. The van der Waals surface area contributed by atoms with E-state index in [9.17, 15) is 18.5 Å². The minimum atomic E-state index is -3.97. The van der Waals surface area contributed by atoms with Gasteiger partial charge in [-0.25, -0.2) is 8.42 Å². The molecule has 0 amide bonds. The zero-order chi connectivity index (χ0) is 20.8. The Kier molecular flexibility index (Phi) is 4.50. The van der Waals surface area contributed by atoms with Gasteiger partial charge in [0.2, 0.25) is 6.79 Å². The molecule has 2 aliphatic rings. The standard InChI is InChI=1S/C21H19NO6S/c1-3-26-20(23)21(11-22)18(14-6-9-16-17(10-14)28-12-27-16)19(21)29(24,25)15-7-4-13(2)5-8-15/h4-10,18-19H,3,12H2,1-2H3/t18-,19-,21+/m0/s1. The van der Waals surface area contributed by atoms with Crippen molar-refractivity contribution < 1.29 is 27.4 Å². The highest BCUT2D eigenvalue weighted by Crippen LogP contribution is 2.65. The van der Waals surface area contributed by atoms with Gasteiger partial charge in [0.1, 0.15) is 5.25 Å². The van der Waals surface area contributed by atoms with Crippen LogP contribution in [0.1, 0.15) is 24.0 Å². The number of hydrogen-bond acceptors (Lipinski definition) is 7. The molecule has 4 rings (SSSR count). The molecule has 2 aromatic carbocycles. The van der Waals surface area contributed by atoms with Crippen LogP contribution >= 0.6 is 0 Å². The first-order chi connectivity index (χ1) is 13.9. The smallest absolute Gasteiger partial charge is 0.328 e. The number of carbonyl (C=O) groups excluding carboxylic acids is 1. The number of fused-ring (bicyclic) bond motifs is 1. The van der Waals surface area contributed by atoms with Crippen LogP contribution in [0.3, 0.4) is 0 Å². The number of esters is 1. The summed E-state index contributed by atoms with van der Waals surface area (Å²) in [5, 5.41) is 8.68. The van der Waals surface area contributed by atoms with Gasteiger partial charge in [0.25, 0.3) is 0 Å². The van der Waals surface area contributed by atoms with Gasteiger partial charge in [0.05, 0.1) is 17.6 Å². The normalized spacial score (nSPS) is 24.6. The lowest BCUT2D eigenvalue weighted by Crippen LogP contribution is -2.25. The highest BCUT2D eigenvalue weighted by molar-refractivity contribution is 7.92. The Balaban J connectivity index is 1.82. The van der Waals surface area contributed by atoms with Gasteiger partial charge >= 0.3 is 5.97 Å². The first-order valence-corrected chi connectivity index (χ1v) is 10.7. The number of aryl methyl sites for hydroxylation is 1. The van der Waals surface area contributed by atoms with Crippen LogP contribution in [0.4, 0.5) is 0 Å². The fourth-order valence-corrected chi connectivity index (χ4v) is 6.12. The molecule has 0 saturated heterocycles. The second-order valence-corrected chi connectivity index (χ2v) is 9.14. The van der Waals surface area contributed by atoms with E-state index < -0.39 is 32.4 Å². The zero-order valence-corrected chi connectivity index (χ0v) is 16.7. The molecule has 0 spiro atoms. The van der Waals surface area contributed by atoms with Crippen molar-refractivity contribution >= 4 is 15.8 Å². The first kappa shape index (κ1) is 19.3. The van der Waals surface area contributed by atoms with E-state index in [-0.39, 0.29) is 18.3 Å². The molecule has 8 heteroatoms. The number of rotatable bonds is 5. The van der Waals surface area contributed by atoms with Crippen molar-refractivity contribution in [3.05, 3.63) is 53.6 Å². The maximum absolute atomic E-state index is 13.4. The van der Waals surface area contributed by atoms with Crippen LogP contribution in [0.2, 0.25) is 0 Å². The Hall–Kier alpha value is -3.05. The molecular formula is C21H19NO6S. The topological polar surface area (TPSA) is 103 Å². The molecule has 7 nitrogen and oxygen atoms in total. The molecule has 150 valence electrons. The van der Waals surface area contributed by atoms with Gasteiger partial charge < -0.3 is 14.2 Å². The van der Waals surface area contributed by atoms with E-state index in [1.165, 1.54) is 12.1 Å². The van der Waals surface area contributed by atoms with Crippen molar-refractivity contribution in [2.45, 2.75) is 29.9 Å². The average Bonchev–Trinajstić information content (AvgIpc) is 3.20. The van der Waals surface area contributed by atoms with E-state index in [0.717, 1.165) is 5.56 Å². The SMILES string of the molecule is CCOC(=O)[C@]1(C#N)[C@@H](c2ccc3c(c2)OCO3)[C@@H]1S(=O)(=O)c1ccc(C)cc1. The number of carbonyl (C=O) groups is 1. The molecule has 2 aromatic rings. The highest BCUT2D eigenvalue weighted by Gasteiger charge is 2.77. The minimum absolute atomic E-state index is 0.0490. The lowest BCUT2D eigenvalue weighted by atomic mass is 10.0. The monoisotopic (exact) mass is 413 g/mol. The Labute approximate surface area is 168 Å². The lowest BCUT2D eigenvalue weighted by Gasteiger charge is -2.09. The third kappa shape index (κ3) is 2.85. The van der Waals surface area contributed by atoms with E-state index >= 15 is 0 Å². The highest BCUT2D eigenvalue weighted by atomic mass is 32.2. The molecule has 0 bridgehead atoms. The summed E-state index contributed by atoms with van der Waals surface area (Å²) in [5.74, 6) is -0.708. The average molecular weight is 413 g/mol. The van der Waals surface area contributed by atoms with Crippen LogP contribution in [0, 0.1) is 23.7 Å². The van der Waals surface area contributed by atoms with Crippen LogP contribution < -0.4 is 9.47 Å². The summed E-state index contributed by atoms with van der Waals surface area (Å²) in [6.07, 6.45) is 0. The molecule has 0 aromatic heterocycles. The van der Waals surface area contributed by atoms with Crippen LogP contribution in [0.15, 0.2) is 47.4 Å². The molecule has 1 fully saturated rings. The molecule has 0 unspecified atom stereocenters. The van der Waals surface area contributed by atoms with Gasteiger partial charge in [0, 0.05) is 5.92 Å². The maximum Gasteiger partial charge on any atom is 0.328 e. The van der Waals surface area contributed by atoms with Gasteiger partial charge in [-0.1, -0.05) is 23.8 Å². The van der Waals surface area contributed by atoms with Crippen molar-refractivity contribution in [1.82, 2.24) is 0 Å². The third-order valence-corrected chi connectivity index (χ3v) is 7.61. The predicted octanol–water partition coefficient (Wildman–Crippen LogP) is 2.74. The summed E-state index contributed by atoms with van der Waals surface area (Å²) in [7, 11) is -3.97. The van der Waals surface area contributed by atoms with Crippen molar-refractivity contribution in [2.75, 3.05) is 13.4 Å². The van der Waals surface area contributed by atoms with Gasteiger partial charge in [0.15, 0.2) is 26.8 Å². The summed E-state index contributed by atoms with van der Waals surface area (Å²) in [6.45, 7) is 3.58. The number of benzene rings is 2. The molecule has 0 N–H and O–H groups in total. The van der Waals surface area contributed by atoms with Crippen molar-refractivity contribution in [2.24, 2.45) is 5.41 Å². The number of hydrogen-bond donors (Lipinski definition) is 0. The second-order valence-electron chi connectivity index (χ2n) is 7.07. The number of nitriles is 1. The van der Waals surface area contributed by atoms with Crippen molar-refractivity contribution in [3.63, 3.8) is 0 Å². The summed E-state index contributed by atoms with van der Waals surface area (Å²) in [4.78, 5) is 12.8. The van der Waals surface area contributed by atoms with Crippen LogP contribution in [0.25, 0.3) is 0 Å². The van der Waals surface area contributed by atoms with E-state index in [4.69, 9.17) is 14.2 Å². The van der Waals surface area contributed by atoms with E-state index in [1.54, 1.807) is 37.3 Å². The predicted molar refractivity (Wildman–Crippen MR) is 102 cm³/mol. The van der Waals surface area contributed by atoms with Gasteiger partial charge in [-0.3, -0.25) is 4.79 Å². The third-order valence-electron chi connectivity index (χ3n) is 5.37. The summed E-state index contributed by atoms with van der Waals surface area (Å²) < 4.78 is 42.6. The molecule has 1 saturated carbocycles. The Morgan fingerprint density at radius 2 is 1.90 bits per heavy atom. The van der Waals surface area contributed by atoms with Gasteiger partial charge in [-0.2, -0.15) is 5.26 Å². The number of ether oxygens (including phenoxy) is 3. The molecule has 29 heavy (non-hydrogen) atoms. The fraction of sp³-hybridized carbons (Fsp3) is 0.333. The van der Waals surface area contributed by atoms with Crippen molar-refractivity contribution in [1.29, 1.82) is 5.26 Å². The fourth-order valence-electron chi connectivity index (χ4n) is 3.87. The second kappa shape index (κ2) is 6.78. The van der Waals surface area contributed by atoms with Crippen LogP contribution in [-0.2, 0) is 19.4 Å². The van der Waals surface area contributed by atoms with E-state index in [1.807, 2.05) is 13.0 Å². The van der Waals surface area contributed by atoms with Gasteiger partial charge in [-0.05, 0) is 43.7 Å². The van der Waals surface area contributed by atoms with Crippen LogP contribution in [-0.4, -0.2) is 33.0 Å². The first-order valence-electron chi connectivity index (χ1n) is 9.15. The summed E-state index contributed by atoms with van der Waals surface area (Å²) >= 11 is 0. The molecule has 1 aliphatic carbocycles. The Morgan fingerprint density at radius 1 is 1.21 bits per heavy atom. The summed E-state index contributed by atoms with van der Waals surface area (Å²) in [5.41, 5.74) is -0.387. The largest absolute Gasteiger partial charge is 0.465 e. The molecule has 3 atom stereocenters. The lowest BCUT2D eigenvalue weighted by molar-refractivity contribution is -0.147. The van der Waals surface area contributed by atoms with Crippen molar-refractivity contribution in [3.8, 4) is 17.6 Å². The van der Waals surface area contributed by atoms with E-state index in [2.05, 4.69) is 0 Å². The van der Waals surface area contributed by atoms with E-state index in [0.29, 0.717) is 17.1 Å². The molecule has 0 radical (unpaired) electrons. The molecular weight excluding hydrogens is 394 g/mol. The number of nitrogens with zero attached hydrogens (tertiary/aromatic N) is 1. The zero-order valence-electron chi connectivity index (χ0n) is 15.9. The minimum Gasteiger partial charge on any atom is -0.465 e.